The number of rotatable bonds is 7. The molecular formula is C29H34N6O2. The lowest BCUT2D eigenvalue weighted by atomic mass is 10.1. The van der Waals surface area contributed by atoms with Gasteiger partial charge in [-0.2, -0.15) is 5.10 Å². The zero-order valence-electron chi connectivity index (χ0n) is 21.8. The molecule has 37 heavy (non-hydrogen) atoms. The van der Waals surface area contributed by atoms with Gasteiger partial charge in [0.15, 0.2) is 5.65 Å². The van der Waals surface area contributed by atoms with Crippen molar-refractivity contribution in [3.8, 4) is 11.4 Å². The second-order valence-electron chi connectivity index (χ2n) is 9.56. The van der Waals surface area contributed by atoms with Gasteiger partial charge in [-0.3, -0.25) is 4.79 Å². The van der Waals surface area contributed by atoms with Crippen LogP contribution in [0.3, 0.4) is 0 Å². The fraction of sp³-hybridized carbons (Fsp3) is 0.379. The van der Waals surface area contributed by atoms with Crippen molar-refractivity contribution in [3.05, 3.63) is 72.2 Å². The Kier molecular flexibility index (Phi) is 7.35. The van der Waals surface area contributed by atoms with Gasteiger partial charge in [0.25, 0.3) is 5.91 Å². The molecule has 1 aliphatic rings. The molecule has 192 valence electrons. The van der Waals surface area contributed by atoms with Crippen molar-refractivity contribution in [3.63, 3.8) is 0 Å². The van der Waals surface area contributed by atoms with Gasteiger partial charge in [-0.05, 0) is 37.1 Å². The quantitative estimate of drug-likeness (QED) is 0.354. The first kappa shape index (κ1) is 24.7. The number of carbonyl (C=O) groups excluding carboxylic acids is 1. The summed E-state index contributed by atoms with van der Waals surface area (Å²) in [6.07, 6.45) is 4.80. The topological polar surface area (TPSA) is 76.4 Å². The molecule has 1 aliphatic heterocycles. The Balaban J connectivity index is 1.48. The highest BCUT2D eigenvalue weighted by Gasteiger charge is 2.26. The van der Waals surface area contributed by atoms with Crippen LogP contribution in [0.1, 0.15) is 55.2 Å². The van der Waals surface area contributed by atoms with Crippen molar-refractivity contribution in [2.24, 2.45) is 0 Å². The summed E-state index contributed by atoms with van der Waals surface area (Å²) in [6.45, 7) is 7.16. The molecule has 3 heterocycles. The van der Waals surface area contributed by atoms with E-state index >= 15 is 0 Å². The monoisotopic (exact) mass is 498 g/mol. The highest BCUT2D eigenvalue weighted by atomic mass is 16.5. The van der Waals surface area contributed by atoms with Crippen molar-refractivity contribution in [1.82, 2.24) is 24.6 Å². The SMILES string of the molecule is CCC[C@H](C)c1nc(N2CCCN(C(=O)c3ccccc3OC)CC2)c2cnn(-c3ccccc3)c2n1. The van der Waals surface area contributed by atoms with E-state index in [2.05, 4.69) is 18.7 Å². The number of amides is 1. The fourth-order valence-electron chi connectivity index (χ4n) is 5.02. The van der Waals surface area contributed by atoms with Gasteiger partial charge in [-0.1, -0.05) is 50.6 Å². The molecule has 0 unspecified atom stereocenters. The minimum Gasteiger partial charge on any atom is -0.496 e. The number of fused-ring (bicyclic) bond motifs is 1. The third kappa shape index (κ3) is 5.01. The zero-order valence-corrected chi connectivity index (χ0v) is 21.8. The van der Waals surface area contributed by atoms with E-state index in [1.807, 2.05) is 70.4 Å². The number of aromatic nitrogens is 4. The molecular weight excluding hydrogens is 464 g/mol. The van der Waals surface area contributed by atoms with Crippen molar-refractivity contribution < 1.29 is 9.53 Å². The summed E-state index contributed by atoms with van der Waals surface area (Å²) in [5, 5.41) is 5.63. The van der Waals surface area contributed by atoms with Crippen LogP contribution in [-0.4, -0.2) is 63.8 Å². The second kappa shape index (κ2) is 11.0. The molecule has 0 spiro atoms. The van der Waals surface area contributed by atoms with Gasteiger partial charge in [0.2, 0.25) is 0 Å². The van der Waals surface area contributed by atoms with Gasteiger partial charge in [0, 0.05) is 32.1 Å². The lowest BCUT2D eigenvalue weighted by molar-refractivity contribution is 0.0763. The first-order chi connectivity index (χ1) is 18.1. The lowest BCUT2D eigenvalue weighted by Gasteiger charge is -2.24. The zero-order chi connectivity index (χ0) is 25.8. The van der Waals surface area contributed by atoms with Crippen LogP contribution >= 0.6 is 0 Å². The number of hydrogen-bond acceptors (Lipinski definition) is 6. The summed E-state index contributed by atoms with van der Waals surface area (Å²) in [5.74, 6) is 2.59. The third-order valence-corrected chi connectivity index (χ3v) is 7.01. The molecule has 2 aromatic carbocycles. The minimum absolute atomic E-state index is 0.00119. The number of para-hydroxylation sites is 2. The Labute approximate surface area is 217 Å². The Bertz CT molecular complexity index is 1370. The van der Waals surface area contributed by atoms with Gasteiger partial charge in [-0.25, -0.2) is 14.6 Å². The molecule has 0 bridgehead atoms. The first-order valence-electron chi connectivity index (χ1n) is 13.1. The van der Waals surface area contributed by atoms with Crippen LogP contribution in [0, 0.1) is 0 Å². The average molecular weight is 499 g/mol. The average Bonchev–Trinajstić information content (AvgIpc) is 3.22. The summed E-state index contributed by atoms with van der Waals surface area (Å²) in [4.78, 5) is 27.6. The van der Waals surface area contributed by atoms with E-state index in [9.17, 15) is 4.79 Å². The standard InChI is InChI=1S/C29H34N6O2/c1-4-11-21(2)26-31-27(24-20-30-35(28(24)32-26)22-12-6-5-7-13-22)33-16-10-17-34(19-18-33)29(36)23-14-8-9-15-25(23)37-3/h5-9,12-15,20-21H,4,10-11,16-19H2,1-3H3/t21-/m0/s1. The number of nitrogens with zero attached hydrogens (tertiary/aromatic N) is 6. The normalized spacial score (nSPS) is 15.0. The summed E-state index contributed by atoms with van der Waals surface area (Å²) in [6, 6.07) is 17.5. The summed E-state index contributed by atoms with van der Waals surface area (Å²) in [5.41, 5.74) is 2.39. The van der Waals surface area contributed by atoms with E-state index in [0.29, 0.717) is 30.9 Å². The summed E-state index contributed by atoms with van der Waals surface area (Å²) in [7, 11) is 1.60. The maximum absolute atomic E-state index is 13.4. The van der Waals surface area contributed by atoms with Gasteiger partial charge in [-0.15, -0.1) is 0 Å². The molecule has 8 heteroatoms. The molecule has 1 fully saturated rings. The van der Waals surface area contributed by atoms with Crippen LogP contribution < -0.4 is 9.64 Å². The van der Waals surface area contributed by atoms with E-state index in [4.69, 9.17) is 19.8 Å². The highest BCUT2D eigenvalue weighted by molar-refractivity contribution is 5.97. The number of anilines is 1. The van der Waals surface area contributed by atoms with E-state index in [-0.39, 0.29) is 11.8 Å². The molecule has 0 N–H and O–H groups in total. The molecule has 1 saturated heterocycles. The molecule has 4 aromatic rings. The predicted octanol–water partition coefficient (Wildman–Crippen LogP) is 5.08. The van der Waals surface area contributed by atoms with Crippen molar-refractivity contribution in [1.29, 1.82) is 0 Å². The van der Waals surface area contributed by atoms with Gasteiger partial charge >= 0.3 is 0 Å². The third-order valence-electron chi connectivity index (χ3n) is 7.01. The summed E-state index contributed by atoms with van der Waals surface area (Å²) < 4.78 is 7.34. The molecule has 8 nitrogen and oxygen atoms in total. The Hall–Kier alpha value is -3.94. The lowest BCUT2D eigenvalue weighted by Crippen LogP contribution is -2.35. The maximum Gasteiger partial charge on any atom is 0.257 e. The fourth-order valence-corrected chi connectivity index (χ4v) is 5.02. The molecule has 0 aliphatic carbocycles. The van der Waals surface area contributed by atoms with Crippen LogP contribution in [0.4, 0.5) is 5.82 Å². The Morgan fingerprint density at radius 2 is 1.78 bits per heavy atom. The highest BCUT2D eigenvalue weighted by Crippen LogP contribution is 2.30. The predicted molar refractivity (Wildman–Crippen MR) is 146 cm³/mol. The molecule has 2 aromatic heterocycles. The number of methoxy groups -OCH3 is 1. The minimum atomic E-state index is 0.00119. The number of benzene rings is 2. The van der Waals surface area contributed by atoms with Crippen LogP contribution in [0.2, 0.25) is 0 Å². The number of ether oxygens (including phenoxy) is 1. The van der Waals surface area contributed by atoms with Crippen molar-refractivity contribution in [2.75, 3.05) is 38.2 Å². The van der Waals surface area contributed by atoms with Gasteiger partial charge in [0.1, 0.15) is 17.4 Å². The van der Waals surface area contributed by atoms with Crippen LogP contribution in [0.15, 0.2) is 60.8 Å². The van der Waals surface area contributed by atoms with E-state index in [1.54, 1.807) is 7.11 Å². The molecule has 5 rings (SSSR count). The maximum atomic E-state index is 13.4. The number of hydrogen-bond donors (Lipinski definition) is 0. The molecule has 1 amide bonds. The van der Waals surface area contributed by atoms with E-state index in [0.717, 1.165) is 54.2 Å². The molecule has 0 radical (unpaired) electrons. The Morgan fingerprint density at radius 1 is 1.00 bits per heavy atom. The van der Waals surface area contributed by atoms with Crippen LogP contribution in [0.25, 0.3) is 16.7 Å². The van der Waals surface area contributed by atoms with E-state index in [1.165, 1.54) is 0 Å². The van der Waals surface area contributed by atoms with Crippen molar-refractivity contribution in [2.45, 2.75) is 39.0 Å². The van der Waals surface area contributed by atoms with Crippen molar-refractivity contribution >= 4 is 22.8 Å². The summed E-state index contributed by atoms with van der Waals surface area (Å²) >= 11 is 0. The van der Waals surface area contributed by atoms with E-state index < -0.39 is 0 Å². The molecule has 1 atom stereocenters. The van der Waals surface area contributed by atoms with Gasteiger partial charge < -0.3 is 14.5 Å². The largest absolute Gasteiger partial charge is 0.496 e. The second-order valence-corrected chi connectivity index (χ2v) is 9.56. The van der Waals surface area contributed by atoms with Crippen LogP contribution in [0.5, 0.6) is 5.75 Å². The first-order valence-corrected chi connectivity index (χ1v) is 13.1. The molecule has 0 saturated carbocycles. The number of carbonyl (C=O) groups is 1. The van der Waals surface area contributed by atoms with Crippen LogP contribution in [-0.2, 0) is 0 Å². The van der Waals surface area contributed by atoms with Gasteiger partial charge in [0.05, 0.1) is 29.9 Å². The smallest absolute Gasteiger partial charge is 0.257 e. The Morgan fingerprint density at radius 3 is 2.57 bits per heavy atom.